The second-order valence-corrected chi connectivity index (χ2v) is 9.43. The summed E-state index contributed by atoms with van der Waals surface area (Å²) in [4.78, 5) is 3.99. The fraction of sp³-hybridized carbons (Fsp3) is 0.688. The van der Waals surface area contributed by atoms with Gasteiger partial charge in [-0.3, -0.25) is 0 Å². The molecule has 1 aromatic heterocycles. The average Bonchev–Trinajstić information content (AvgIpc) is 2.76. The Labute approximate surface area is 155 Å². The van der Waals surface area contributed by atoms with Gasteiger partial charge >= 0.3 is 7.12 Å². The van der Waals surface area contributed by atoms with Gasteiger partial charge in [-0.25, -0.2) is 18.1 Å². The lowest BCUT2D eigenvalue weighted by molar-refractivity contribution is 0.00578. The first-order chi connectivity index (χ1) is 12.0. The Morgan fingerprint density at radius 2 is 1.77 bits per heavy atom. The first kappa shape index (κ1) is 19.6. The number of aromatic nitrogens is 1. The van der Waals surface area contributed by atoms with Crippen LogP contribution in [0.5, 0.6) is 0 Å². The van der Waals surface area contributed by atoms with E-state index in [2.05, 4.69) is 9.71 Å². The second-order valence-electron chi connectivity index (χ2n) is 7.75. The van der Waals surface area contributed by atoms with Crippen LogP contribution in [0.15, 0.2) is 17.2 Å². The molecule has 144 valence electrons. The summed E-state index contributed by atoms with van der Waals surface area (Å²) in [5.41, 5.74) is 5.31. The Bertz CT molecular complexity index is 762. The molecule has 0 aliphatic carbocycles. The Kier molecular flexibility index (Phi) is 5.08. The van der Waals surface area contributed by atoms with Crippen LogP contribution >= 0.6 is 0 Å². The SMILES string of the molecule is CC1(C)OB(c2cnc(N)c(S(=O)(=O)NC3CCOCC3)c2)OC1(C)C. The van der Waals surface area contributed by atoms with Crippen molar-refractivity contribution in [2.24, 2.45) is 0 Å². The van der Waals surface area contributed by atoms with E-state index in [1.807, 2.05) is 27.7 Å². The molecule has 0 atom stereocenters. The molecule has 2 aliphatic heterocycles. The van der Waals surface area contributed by atoms with Crippen molar-refractivity contribution in [3.05, 3.63) is 12.3 Å². The van der Waals surface area contributed by atoms with E-state index in [-0.39, 0.29) is 16.8 Å². The van der Waals surface area contributed by atoms with E-state index < -0.39 is 28.3 Å². The van der Waals surface area contributed by atoms with Gasteiger partial charge in [0.1, 0.15) is 10.7 Å². The minimum absolute atomic E-state index is 0.0511. The molecule has 1 aromatic rings. The third kappa shape index (κ3) is 3.75. The lowest BCUT2D eigenvalue weighted by atomic mass is 9.80. The molecule has 0 aromatic carbocycles. The highest BCUT2D eigenvalue weighted by molar-refractivity contribution is 7.89. The van der Waals surface area contributed by atoms with E-state index >= 15 is 0 Å². The minimum atomic E-state index is -3.80. The van der Waals surface area contributed by atoms with Crippen molar-refractivity contribution in [3.8, 4) is 0 Å². The van der Waals surface area contributed by atoms with E-state index in [1.54, 1.807) is 0 Å². The number of pyridine rings is 1. The largest absolute Gasteiger partial charge is 0.496 e. The summed E-state index contributed by atoms with van der Waals surface area (Å²) in [5.74, 6) is -0.0511. The molecular weight excluding hydrogens is 357 g/mol. The molecule has 2 fully saturated rings. The van der Waals surface area contributed by atoms with Crippen molar-refractivity contribution in [3.63, 3.8) is 0 Å². The Hall–Kier alpha value is -1.20. The standard InChI is InChI=1S/C16H26BN3O5S/c1-15(2)16(3,4)25-17(24-15)11-9-13(14(18)19-10-11)26(21,22)20-12-5-7-23-8-6-12/h9-10,12,20H,5-8H2,1-4H3,(H2,18,19). The van der Waals surface area contributed by atoms with E-state index in [4.69, 9.17) is 19.8 Å². The average molecular weight is 383 g/mol. The molecule has 0 unspecified atom stereocenters. The quantitative estimate of drug-likeness (QED) is 0.725. The molecule has 2 aliphatic rings. The number of nitrogen functional groups attached to an aromatic ring is 1. The van der Waals surface area contributed by atoms with Crippen LogP contribution in [-0.2, 0) is 24.1 Å². The number of sulfonamides is 1. The summed E-state index contributed by atoms with van der Waals surface area (Å²) in [7, 11) is -4.51. The predicted octanol–water partition coefficient (Wildman–Crippen LogP) is 0.420. The Balaban J connectivity index is 1.86. The Morgan fingerprint density at radius 3 is 2.35 bits per heavy atom. The summed E-state index contributed by atoms with van der Waals surface area (Å²) in [6.07, 6.45) is 2.75. The van der Waals surface area contributed by atoms with Crippen LogP contribution < -0.4 is 15.9 Å². The molecule has 8 nitrogen and oxygen atoms in total. The van der Waals surface area contributed by atoms with Crippen LogP contribution in [0.25, 0.3) is 0 Å². The summed E-state index contributed by atoms with van der Waals surface area (Å²) in [6, 6.07) is 1.31. The van der Waals surface area contributed by atoms with Gasteiger partial charge in [0.2, 0.25) is 10.0 Å². The van der Waals surface area contributed by atoms with Crippen LogP contribution in [-0.4, -0.2) is 51.0 Å². The van der Waals surface area contributed by atoms with Gasteiger partial charge in [-0.15, -0.1) is 0 Å². The van der Waals surface area contributed by atoms with E-state index in [9.17, 15) is 8.42 Å². The molecule has 10 heteroatoms. The number of anilines is 1. The number of hydrogen-bond acceptors (Lipinski definition) is 7. The van der Waals surface area contributed by atoms with E-state index in [1.165, 1.54) is 12.3 Å². The number of rotatable bonds is 4. The van der Waals surface area contributed by atoms with Gasteiger partial charge in [0, 0.05) is 30.9 Å². The van der Waals surface area contributed by atoms with Gasteiger partial charge in [0.25, 0.3) is 0 Å². The zero-order valence-corrected chi connectivity index (χ0v) is 16.4. The molecule has 0 radical (unpaired) electrons. The summed E-state index contributed by atoms with van der Waals surface area (Å²) >= 11 is 0. The molecule has 0 saturated carbocycles. The number of nitrogens with zero attached hydrogens (tertiary/aromatic N) is 1. The molecular formula is C16H26BN3O5S. The van der Waals surface area contributed by atoms with Gasteiger partial charge in [-0.2, -0.15) is 0 Å². The third-order valence-electron chi connectivity index (χ3n) is 5.26. The second kappa shape index (κ2) is 6.76. The summed E-state index contributed by atoms with van der Waals surface area (Å²) < 4.78 is 45.5. The highest BCUT2D eigenvalue weighted by atomic mass is 32.2. The van der Waals surface area contributed by atoms with Crippen molar-refractivity contribution in [1.82, 2.24) is 9.71 Å². The van der Waals surface area contributed by atoms with Crippen LogP contribution in [0, 0.1) is 0 Å². The van der Waals surface area contributed by atoms with Crippen LogP contribution in [0.4, 0.5) is 5.82 Å². The van der Waals surface area contributed by atoms with Crippen molar-refractivity contribution in [1.29, 1.82) is 0 Å². The number of nitrogens with two attached hydrogens (primary N) is 1. The van der Waals surface area contributed by atoms with Gasteiger partial charge in [-0.1, -0.05) is 0 Å². The first-order valence-electron chi connectivity index (χ1n) is 8.73. The molecule has 26 heavy (non-hydrogen) atoms. The van der Waals surface area contributed by atoms with Gasteiger partial charge in [0.15, 0.2) is 0 Å². The van der Waals surface area contributed by atoms with Crippen LogP contribution in [0.3, 0.4) is 0 Å². The molecule has 3 N–H and O–H groups in total. The summed E-state index contributed by atoms with van der Waals surface area (Å²) in [6.45, 7) is 8.80. The first-order valence-corrected chi connectivity index (χ1v) is 10.2. The van der Waals surface area contributed by atoms with Gasteiger partial charge in [-0.05, 0) is 46.6 Å². The van der Waals surface area contributed by atoms with Crippen molar-refractivity contribution in [2.45, 2.75) is 62.7 Å². The molecule has 0 spiro atoms. The lowest BCUT2D eigenvalue weighted by Crippen LogP contribution is -2.41. The maximum Gasteiger partial charge on any atom is 0.496 e. The fourth-order valence-electron chi connectivity index (χ4n) is 2.89. The van der Waals surface area contributed by atoms with Crippen molar-refractivity contribution in [2.75, 3.05) is 18.9 Å². The molecule has 3 heterocycles. The van der Waals surface area contributed by atoms with E-state index in [0.717, 1.165) is 0 Å². The molecule has 3 rings (SSSR count). The highest BCUT2D eigenvalue weighted by Gasteiger charge is 2.52. The monoisotopic (exact) mass is 383 g/mol. The van der Waals surface area contributed by atoms with E-state index in [0.29, 0.717) is 31.5 Å². The highest BCUT2D eigenvalue weighted by Crippen LogP contribution is 2.36. The maximum atomic E-state index is 12.8. The summed E-state index contributed by atoms with van der Waals surface area (Å²) in [5, 5.41) is 0. The zero-order chi connectivity index (χ0) is 19.2. The minimum Gasteiger partial charge on any atom is -0.399 e. The predicted molar refractivity (Wildman–Crippen MR) is 98.5 cm³/mol. The topological polar surface area (TPSA) is 113 Å². The lowest BCUT2D eigenvalue weighted by Gasteiger charge is -2.32. The normalized spacial score (nSPS) is 23.3. The maximum absolute atomic E-state index is 12.8. The third-order valence-corrected chi connectivity index (χ3v) is 6.81. The van der Waals surface area contributed by atoms with Gasteiger partial charge < -0.3 is 19.8 Å². The van der Waals surface area contributed by atoms with Crippen molar-refractivity contribution < 1.29 is 22.5 Å². The number of hydrogen-bond donors (Lipinski definition) is 2. The molecule has 2 saturated heterocycles. The number of nitrogens with one attached hydrogen (secondary N) is 1. The smallest absolute Gasteiger partial charge is 0.399 e. The van der Waals surface area contributed by atoms with Crippen LogP contribution in [0.1, 0.15) is 40.5 Å². The molecule has 0 bridgehead atoms. The molecule has 0 amide bonds. The fourth-order valence-corrected chi connectivity index (χ4v) is 4.31. The zero-order valence-electron chi connectivity index (χ0n) is 15.6. The van der Waals surface area contributed by atoms with Crippen molar-refractivity contribution >= 4 is 28.4 Å². The number of ether oxygens (including phenoxy) is 1. The van der Waals surface area contributed by atoms with Gasteiger partial charge in [0.05, 0.1) is 11.2 Å². The van der Waals surface area contributed by atoms with Crippen LogP contribution in [0.2, 0.25) is 0 Å². The Morgan fingerprint density at radius 1 is 1.19 bits per heavy atom.